The smallest absolute Gasteiger partial charge is 0.337 e. The van der Waals surface area contributed by atoms with E-state index in [2.05, 4.69) is 34.1 Å². The van der Waals surface area contributed by atoms with Crippen molar-refractivity contribution >= 4 is 18.4 Å². The number of carboxylic acid groups (broad SMARTS) is 1. The second-order valence-electron chi connectivity index (χ2n) is 5.88. The Kier molecular flexibility index (Phi) is 6.13. The number of aromatic carboxylic acids is 1. The predicted molar refractivity (Wildman–Crippen MR) is 92.0 cm³/mol. The van der Waals surface area contributed by atoms with Gasteiger partial charge in [-0.05, 0) is 43.0 Å². The highest BCUT2D eigenvalue weighted by atomic mass is 35.5. The van der Waals surface area contributed by atoms with E-state index in [9.17, 15) is 9.90 Å². The van der Waals surface area contributed by atoms with Gasteiger partial charge in [0.1, 0.15) is 0 Å². The Balaban J connectivity index is 0.00000192. The fourth-order valence-corrected chi connectivity index (χ4v) is 3.13. The first-order valence-corrected chi connectivity index (χ1v) is 7.66. The Morgan fingerprint density at radius 2 is 2.00 bits per heavy atom. The lowest BCUT2D eigenvalue weighted by atomic mass is 9.99. The van der Waals surface area contributed by atoms with Crippen molar-refractivity contribution in [1.29, 1.82) is 0 Å². The Morgan fingerprint density at radius 3 is 2.74 bits per heavy atom. The van der Waals surface area contributed by atoms with E-state index in [1.54, 1.807) is 18.3 Å². The summed E-state index contributed by atoms with van der Waals surface area (Å²) in [4.78, 5) is 18.0. The van der Waals surface area contributed by atoms with Gasteiger partial charge in [-0.2, -0.15) is 0 Å². The molecule has 5 heteroatoms. The summed E-state index contributed by atoms with van der Waals surface area (Å²) in [6.45, 7) is 3.03. The normalized spacial score (nSPS) is 17.7. The van der Waals surface area contributed by atoms with Gasteiger partial charge in [0.2, 0.25) is 0 Å². The highest BCUT2D eigenvalue weighted by molar-refractivity contribution is 5.88. The summed E-state index contributed by atoms with van der Waals surface area (Å²) in [6.07, 6.45) is 3.52. The van der Waals surface area contributed by atoms with E-state index in [1.807, 2.05) is 6.07 Å². The molecule has 1 aromatic heterocycles. The topological polar surface area (TPSA) is 53.4 Å². The number of hydrogen-bond donors (Lipinski definition) is 1. The number of aromatic nitrogens is 1. The summed E-state index contributed by atoms with van der Waals surface area (Å²) in [5, 5.41) is 9.24. The summed E-state index contributed by atoms with van der Waals surface area (Å²) in [6, 6.07) is 13.8. The molecule has 1 atom stereocenters. The molecule has 1 N–H and O–H groups in total. The number of hydrogen-bond acceptors (Lipinski definition) is 3. The molecule has 0 bridgehead atoms. The van der Waals surface area contributed by atoms with Crippen molar-refractivity contribution < 1.29 is 9.90 Å². The van der Waals surface area contributed by atoms with Crippen LogP contribution in [-0.2, 0) is 13.0 Å². The van der Waals surface area contributed by atoms with Crippen LogP contribution in [0.2, 0.25) is 0 Å². The van der Waals surface area contributed by atoms with E-state index in [0.29, 0.717) is 17.2 Å². The van der Waals surface area contributed by atoms with Gasteiger partial charge in [0, 0.05) is 19.3 Å². The molecule has 1 aromatic carbocycles. The molecule has 23 heavy (non-hydrogen) atoms. The monoisotopic (exact) mass is 332 g/mol. The lowest BCUT2D eigenvalue weighted by Crippen LogP contribution is -2.21. The Morgan fingerprint density at radius 1 is 1.22 bits per heavy atom. The van der Waals surface area contributed by atoms with Crippen LogP contribution >= 0.6 is 12.4 Å². The molecule has 0 spiro atoms. The Labute approximate surface area is 142 Å². The molecule has 0 saturated carbocycles. The molecule has 1 saturated heterocycles. The molecule has 122 valence electrons. The maximum absolute atomic E-state index is 11.3. The molecule has 4 nitrogen and oxygen atoms in total. The number of nitrogens with zero attached hydrogens (tertiary/aromatic N) is 2. The zero-order valence-corrected chi connectivity index (χ0v) is 13.7. The molecule has 2 aromatic rings. The van der Waals surface area contributed by atoms with Gasteiger partial charge < -0.3 is 5.11 Å². The van der Waals surface area contributed by atoms with Crippen molar-refractivity contribution in [2.75, 3.05) is 13.1 Å². The maximum atomic E-state index is 11.3. The first-order valence-electron chi connectivity index (χ1n) is 7.66. The molecule has 1 aliphatic rings. The van der Waals surface area contributed by atoms with E-state index in [-0.39, 0.29) is 12.4 Å². The number of benzene rings is 1. The van der Waals surface area contributed by atoms with Crippen molar-refractivity contribution in [3.63, 3.8) is 0 Å². The lowest BCUT2D eigenvalue weighted by Gasteiger charge is -2.16. The summed E-state index contributed by atoms with van der Waals surface area (Å²) in [7, 11) is 0. The quantitative estimate of drug-likeness (QED) is 0.913. The van der Waals surface area contributed by atoms with Gasteiger partial charge >= 0.3 is 5.97 Å². The fourth-order valence-electron chi connectivity index (χ4n) is 3.13. The van der Waals surface area contributed by atoms with Gasteiger partial charge in [-0.25, -0.2) is 4.79 Å². The van der Waals surface area contributed by atoms with Crippen molar-refractivity contribution in [2.45, 2.75) is 19.4 Å². The number of rotatable bonds is 5. The van der Waals surface area contributed by atoms with E-state index >= 15 is 0 Å². The van der Waals surface area contributed by atoms with E-state index in [1.165, 1.54) is 5.56 Å². The second kappa shape index (κ2) is 8.09. The highest BCUT2D eigenvalue weighted by Crippen LogP contribution is 2.23. The summed E-state index contributed by atoms with van der Waals surface area (Å²) in [5.41, 5.74) is 2.37. The van der Waals surface area contributed by atoms with Crippen LogP contribution in [0.1, 0.15) is 28.0 Å². The molecule has 1 unspecified atom stereocenters. The van der Waals surface area contributed by atoms with Gasteiger partial charge in [-0.1, -0.05) is 30.3 Å². The van der Waals surface area contributed by atoms with Gasteiger partial charge in [0.05, 0.1) is 11.3 Å². The third kappa shape index (κ3) is 4.53. The van der Waals surface area contributed by atoms with Crippen LogP contribution in [0, 0.1) is 5.92 Å². The van der Waals surface area contributed by atoms with Crippen LogP contribution in [-0.4, -0.2) is 34.0 Å². The van der Waals surface area contributed by atoms with E-state index in [4.69, 9.17) is 0 Å². The minimum absolute atomic E-state index is 0. The predicted octanol–water partition coefficient (Wildman–Crippen LogP) is 3.27. The second-order valence-corrected chi connectivity index (χ2v) is 5.88. The lowest BCUT2D eigenvalue weighted by molar-refractivity contribution is 0.0695. The Hall–Kier alpha value is -1.91. The number of carbonyl (C=O) groups is 1. The zero-order valence-electron chi connectivity index (χ0n) is 12.9. The molecule has 1 aliphatic heterocycles. The van der Waals surface area contributed by atoms with Crippen molar-refractivity contribution in [3.8, 4) is 0 Å². The Bertz CT molecular complexity index is 648. The minimum atomic E-state index is -0.887. The first-order chi connectivity index (χ1) is 10.7. The fraction of sp³-hybridized carbons (Fsp3) is 0.333. The number of carboxylic acids is 1. The van der Waals surface area contributed by atoms with Gasteiger partial charge in [0.25, 0.3) is 0 Å². The summed E-state index contributed by atoms with van der Waals surface area (Å²) < 4.78 is 0. The van der Waals surface area contributed by atoms with E-state index in [0.717, 1.165) is 32.5 Å². The van der Waals surface area contributed by atoms with Crippen LogP contribution in [0.4, 0.5) is 0 Å². The molecule has 2 heterocycles. The molecule has 1 fully saturated rings. The van der Waals surface area contributed by atoms with Crippen LogP contribution in [0.5, 0.6) is 0 Å². The zero-order chi connectivity index (χ0) is 15.4. The number of halogens is 1. The van der Waals surface area contributed by atoms with Gasteiger partial charge in [-0.15, -0.1) is 12.4 Å². The minimum Gasteiger partial charge on any atom is -0.478 e. The summed E-state index contributed by atoms with van der Waals surface area (Å²) >= 11 is 0. The number of pyridine rings is 1. The van der Waals surface area contributed by atoms with Crippen molar-refractivity contribution in [2.24, 2.45) is 5.92 Å². The molecular formula is C18H21ClN2O2. The van der Waals surface area contributed by atoms with Crippen LogP contribution in [0.15, 0.2) is 48.7 Å². The van der Waals surface area contributed by atoms with Crippen LogP contribution in [0.3, 0.4) is 0 Å². The first kappa shape index (κ1) is 17.4. The molecule has 0 amide bonds. The SMILES string of the molecule is Cl.O=C(O)c1cccnc1CC1CCN(Cc2ccccc2)C1. The molecule has 0 radical (unpaired) electrons. The molecule has 3 rings (SSSR count). The number of likely N-dealkylation sites (tertiary alicyclic amines) is 1. The van der Waals surface area contributed by atoms with Crippen molar-refractivity contribution in [1.82, 2.24) is 9.88 Å². The average molecular weight is 333 g/mol. The average Bonchev–Trinajstić information content (AvgIpc) is 2.96. The van der Waals surface area contributed by atoms with Crippen LogP contribution in [0.25, 0.3) is 0 Å². The molecule has 0 aliphatic carbocycles. The van der Waals surface area contributed by atoms with Gasteiger partial charge in [0.15, 0.2) is 0 Å². The van der Waals surface area contributed by atoms with Gasteiger partial charge in [-0.3, -0.25) is 9.88 Å². The maximum Gasteiger partial charge on any atom is 0.337 e. The third-order valence-corrected chi connectivity index (χ3v) is 4.22. The van der Waals surface area contributed by atoms with Crippen molar-refractivity contribution in [3.05, 3.63) is 65.5 Å². The molecular weight excluding hydrogens is 312 g/mol. The standard InChI is InChI=1S/C18H20N2O2.ClH/c21-18(22)16-7-4-9-19-17(16)11-15-8-10-20(13-15)12-14-5-2-1-3-6-14;/h1-7,9,15H,8,10-13H2,(H,21,22);1H. The third-order valence-electron chi connectivity index (χ3n) is 4.22. The highest BCUT2D eigenvalue weighted by Gasteiger charge is 2.24. The van der Waals surface area contributed by atoms with E-state index < -0.39 is 5.97 Å². The van der Waals surface area contributed by atoms with Crippen LogP contribution < -0.4 is 0 Å². The largest absolute Gasteiger partial charge is 0.478 e. The summed E-state index contributed by atoms with van der Waals surface area (Å²) in [5.74, 6) is -0.404.